The number of nitrogens with zero attached hydrogens (tertiary/aromatic N) is 2. The monoisotopic (exact) mass is 135 g/mol. The van der Waals surface area contributed by atoms with Crippen molar-refractivity contribution in [1.29, 1.82) is 0 Å². The van der Waals surface area contributed by atoms with Crippen LogP contribution < -0.4 is 0 Å². The fourth-order valence-corrected chi connectivity index (χ4v) is 0.678. The quantitative estimate of drug-likeness (QED) is 0.667. The van der Waals surface area contributed by atoms with Gasteiger partial charge in [-0.1, -0.05) is 12.7 Å². The third-order valence-corrected chi connectivity index (χ3v) is 1.12. The van der Waals surface area contributed by atoms with Gasteiger partial charge in [-0.3, -0.25) is 0 Å². The standard InChI is InChI=1S/C7H9N3/c1-3-5-7-6(4-2)8-10-9-7/h3-5H,2H2,1H3,(H,8,9,10)/b5-3-. The van der Waals surface area contributed by atoms with Crippen LogP contribution in [0.3, 0.4) is 0 Å². The average Bonchev–Trinajstić information content (AvgIpc) is 2.36. The van der Waals surface area contributed by atoms with E-state index in [1.165, 1.54) is 0 Å². The van der Waals surface area contributed by atoms with Gasteiger partial charge < -0.3 is 0 Å². The van der Waals surface area contributed by atoms with E-state index >= 15 is 0 Å². The Morgan fingerprint density at radius 2 is 2.10 bits per heavy atom. The van der Waals surface area contributed by atoms with Gasteiger partial charge in [0.25, 0.3) is 0 Å². The summed E-state index contributed by atoms with van der Waals surface area (Å²) in [6.45, 7) is 5.52. The maximum atomic E-state index is 3.88. The predicted molar refractivity (Wildman–Crippen MR) is 41.2 cm³/mol. The zero-order chi connectivity index (χ0) is 7.40. The van der Waals surface area contributed by atoms with Crippen LogP contribution in [-0.4, -0.2) is 15.4 Å². The van der Waals surface area contributed by atoms with E-state index < -0.39 is 0 Å². The molecule has 0 aromatic carbocycles. The van der Waals surface area contributed by atoms with E-state index in [4.69, 9.17) is 0 Å². The molecular weight excluding hydrogens is 126 g/mol. The SMILES string of the molecule is C=Cc1n[nH]nc1/C=C\C. The zero-order valence-corrected chi connectivity index (χ0v) is 5.83. The summed E-state index contributed by atoms with van der Waals surface area (Å²) in [6.07, 6.45) is 5.45. The van der Waals surface area contributed by atoms with Gasteiger partial charge in [0, 0.05) is 0 Å². The summed E-state index contributed by atoms with van der Waals surface area (Å²) in [6, 6.07) is 0. The van der Waals surface area contributed by atoms with Gasteiger partial charge in [0.1, 0.15) is 11.4 Å². The Hall–Kier alpha value is -1.38. The zero-order valence-electron chi connectivity index (χ0n) is 5.83. The first kappa shape index (κ1) is 6.74. The Kier molecular flexibility index (Phi) is 1.99. The molecule has 3 nitrogen and oxygen atoms in total. The summed E-state index contributed by atoms with van der Waals surface area (Å²) in [4.78, 5) is 0. The molecule has 52 valence electrons. The van der Waals surface area contributed by atoms with Gasteiger partial charge in [-0.15, -0.1) is 0 Å². The number of rotatable bonds is 2. The maximum absolute atomic E-state index is 3.88. The molecule has 0 atom stereocenters. The molecule has 1 aromatic rings. The van der Waals surface area contributed by atoms with Crippen molar-refractivity contribution in [3.05, 3.63) is 24.0 Å². The average molecular weight is 135 g/mol. The van der Waals surface area contributed by atoms with Crippen molar-refractivity contribution in [2.75, 3.05) is 0 Å². The van der Waals surface area contributed by atoms with E-state index in [1.807, 2.05) is 19.1 Å². The molecule has 0 fully saturated rings. The topological polar surface area (TPSA) is 41.6 Å². The van der Waals surface area contributed by atoms with Crippen molar-refractivity contribution < 1.29 is 0 Å². The molecule has 0 aliphatic heterocycles. The molecular formula is C7H9N3. The fourth-order valence-electron chi connectivity index (χ4n) is 0.678. The van der Waals surface area contributed by atoms with Crippen LogP contribution in [0.1, 0.15) is 18.3 Å². The Morgan fingerprint density at radius 3 is 2.70 bits per heavy atom. The highest BCUT2D eigenvalue weighted by Gasteiger charge is 1.96. The molecule has 0 unspecified atom stereocenters. The molecule has 1 heterocycles. The minimum atomic E-state index is 0.790. The van der Waals surface area contributed by atoms with Gasteiger partial charge in [-0.05, 0) is 19.1 Å². The smallest absolute Gasteiger partial charge is 0.112 e. The lowest BCUT2D eigenvalue weighted by Gasteiger charge is -1.81. The van der Waals surface area contributed by atoms with Crippen LogP contribution in [0, 0.1) is 0 Å². The van der Waals surface area contributed by atoms with Crippen LogP contribution >= 0.6 is 0 Å². The lowest BCUT2D eigenvalue weighted by molar-refractivity contribution is 0.934. The molecule has 0 aliphatic carbocycles. The maximum Gasteiger partial charge on any atom is 0.112 e. The van der Waals surface area contributed by atoms with E-state index in [1.54, 1.807) is 6.08 Å². The largest absolute Gasteiger partial charge is 0.197 e. The second kappa shape index (κ2) is 2.96. The molecule has 0 saturated heterocycles. The van der Waals surface area contributed by atoms with Crippen LogP contribution in [0.2, 0.25) is 0 Å². The third-order valence-electron chi connectivity index (χ3n) is 1.12. The van der Waals surface area contributed by atoms with Gasteiger partial charge in [-0.2, -0.15) is 15.4 Å². The Labute approximate surface area is 59.5 Å². The molecule has 0 saturated carbocycles. The number of hydrogen-bond acceptors (Lipinski definition) is 2. The number of aromatic nitrogens is 3. The third kappa shape index (κ3) is 1.13. The number of hydrogen-bond donors (Lipinski definition) is 1. The summed E-state index contributed by atoms with van der Waals surface area (Å²) < 4.78 is 0. The number of allylic oxidation sites excluding steroid dienone is 1. The second-order valence-electron chi connectivity index (χ2n) is 1.80. The first-order valence-corrected chi connectivity index (χ1v) is 3.04. The molecule has 0 spiro atoms. The molecule has 3 heteroatoms. The van der Waals surface area contributed by atoms with E-state index in [9.17, 15) is 0 Å². The van der Waals surface area contributed by atoms with Gasteiger partial charge >= 0.3 is 0 Å². The van der Waals surface area contributed by atoms with Crippen LogP contribution in [-0.2, 0) is 0 Å². The van der Waals surface area contributed by atoms with Gasteiger partial charge in [-0.25, -0.2) is 0 Å². The second-order valence-corrected chi connectivity index (χ2v) is 1.80. The Morgan fingerprint density at radius 1 is 1.40 bits per heavy atom. The van der Waals surface area contributed by atoms with Crippen LogP contribution in [0.4, 0.5) is 0 Å². The van der Waals surface area contributed by atoms with E-state index in [-0.39, 0.29) is 0 Å². The lowest BCUT2D eigenvalue weighted by Crippen LogP contribution is -1.74. The minimum Gasteiger partial charge on any atom is -0.197 e. The Bertz CT molecular complexity index is 247. The molecule has 0 bridgehead atoms. The molecule has 1 N–H and O–H groups in total. The first-order valence-electron chi connectivity index (χ1n) is 3.04. The van der Waals surface area contributed by atoms with Crippen molar-refractivity contribution in [2.24, 2.45) is 0 Å². The van der Waals surface area contributed by atoms with E-state index in [0.29, 0.717) is 0 Å². The predicted octanol–water partition coefficient (Wildman–Crippen LogP) is 1.48. The van der Waals surface area contributed by atoms with Crippen LogP contribution in [0.5, 0.6) is 0 Å². The molecule has 0 radical (unpaired) electrons. The van der Waals surface area contributed by atoms with E-state index in [2.05, 4.69) is 22.0 Å². The molecule has 10 heavy (non-hydrogen) atoms. The van der Waals surface area contributed by atoms with E-state index in [0.717, 1.165) is 11.4 Å². The highest BCUT2D eigenvalue weighted by Crippen LogP contribution is 2.03. The first-order chi connectivity index (χ1) is 4.88. The molecule has 1 aromatic heterocycles. The van der Waals surface area contributed by atoms with Crippen molar-refractivity contribution >= 4 is 12.2 Å². The number of nitrogens with one attached hydrogen (secondary N) is 1. The van der Waals surface area contributed by atoms with Crippen molar-refractivity contribution in [1.82, 2.24) is 15.4 Å². The molecule has 1 rings (SSSR count). The molecule has 0 aliphatic rings. The summed E-state index contributed by atoms with van der Waals surface area (Å²) in [5.74, 6) is 0. The number of H-pyrrole nitrogens is 1. The van der Waals surface area contributed by atoms with Crippen LogP contribution in [0.15, 0.2) is 12.7 Å². The number of aromatic amines is 1. The van der Waals surface area contributed by atoms with Crippen molar-refractivity contribution in [2.45, 2.75) is 6.92 Å². The summed E-state index contributed by atoms with van der Waals surface area (Å²) in [7, 11) is 0. The minimum absolute atomic E-state index is 0.790. The van der Waals surface area contributed by atoms with Crippen LogP contribution in [0.25, 0.3) is 12.2 Å². The summed E-state index contributed by atoms with van der Waals surface area (Å²) in [5, 5.41) is 10.2. The molecule has 0 amide bonds. The summed E-state index contributed by atoms with van der Waals surface area (Å²) >= 11 is 0. The summed E-state index contributed by atoms with van der Waals surface area (Å²) in [5.41, 5.74) is 1.62. The van der Waals surface area contributed by atoms with Gasteiger partial charge in [0.05, 0.1) is 0 Å². The van der Waals surface area contributed by atoms with Crippen molar-refractivity contribution in [3.63, 3.8) is 0 Å². The fraction of sp³-hybridized carbons (Fsp3) is 0.143. The van der Waals surface area contributed by atoms with Gasteiger partial charge in [0.15, 0.2) is 0 Å². The Balaban J connectivity index is 3.00. The highest BCUT2D eigenvalue weighted by molar-refractivity contribution is 5.57. The van der Waals surface area contributed by atoms with Crippen molar-refractivity contribution in [3.8, 4) is 0 Å². The highest BCUT2D eigenvalue weighted by atomic mass is 15.3. The lowest BCUT2D eigenvalue weighted by atomic mass is 10.3. The normalized spacial score (nSPS) is 10.5. The van der Waals surface area contributed by atoms with Gasteiger partial charge in [0.2, 0.25) is 0 Å².